The van der Waals surface area contributed by atoms with Crippen molar-refractivity contribution >= 4 is 41.4 Å². The van der Waals surface area contributed by atoms with E-state index in [9.17, 15) is 49.2 Å². The minimum Gasteiger partial charge on any atom is -0.508 e. The van der Waals surface area contributed by atoms with Gasteiger partial charge in [-0.1, -0.05) is 12.1 Å². The summed E-state index contributed by atoms with van der Waals surface area (Å²) in [7, 11) is 0. The first-order valence-electron chi connectivity index (χ1n) is 16.9. The Hall–Kier alpha value is -5.05. The van der Waals surface area contributed by atoms with Crippen LogP contribution in [0.1, 0.15) is 44.6 Å². The van der Waals surface area contributed by atoms with Gasteiger partial charge in [0.05, 0.1) is 6.54 Å². The van der Waals surface area contributed by atoms with Crippen LogP contribution < -0.4 is 43.4 Å². The molecule has 0 saturated carbocycles. The molecule has 0 bridgehead atoms. The summed E-state index contributed by atoms with van der Waals surface area (Å²) in [4.78, 5) is 81.0. The Labute approximate surface area is 299 Å². The Kier molecular flexibility index (Phi) is 16.0. The van der Waals surface area contributed by atoms with E-state index in [4.69, 9.17) is 16.2 Å². The highest BCUT2D eigenvalue weighted by Gasteiger charge is 2.46. The molecule has 0 unspecified atom stereocenters. The number of aliphatic hydroxyl groups excluding tert-OH is 3. The van der Waals surface area contributed by atoms with Crippen LogP contribution in [0.2, 0.25) is 0 Å². The Morgan fingerprint density at radius 3 is 2.13 bits per heavy atom. The Bertz CT molecular complexity index is 1440. The van der Waals surface area contributed by atoms with Crippen molar-refractivity contribution in [2.24, 2.45) is 16.5 Å². The number of ether oxygens (including phenoxy) is 1. The summed E-state index contributed by atoms with van der Waals surface area (Å²) in [5, 5.41) is 55.8. The molecule has 20 nitrogen and oxygen atoms in total. The van der Waals surface area contributed by atoms with Gasteiger partial charge in [-0.15, -0.1) is 0 Å². The fourth-order valence-corrected chi connectivity index (χ4v) is 5.56. The highest BCUT2D eigenvalue weighted by Crippen LogP contribution is 2.21. The number of phenols is 1. The average molecular weight is 736 g/mol. The van der Waals surface area contributed by atoms with E-state index in [1.807, 2.05) is 0 Å². The van der Waals surface area contributed by atoms with Crippen LogP contribution in [0.4, 0.5) is 0 Å². The maximum atomic E-state index is 13.6. The highest BCUT2D eigenvalue weighted by atomic mass is 16.5. The zero-order valence-electron chi connectivity index (χ0n) is 28.7. The summed E-state index contributed by atoms with van der Waals surface area (Å²) in [6.07, 6.45) is -6.75. The summed E-state index contributed by atoms with van der Waals surface area (Å²) < 4.78 is 5.49. The van der Waals surface area contributed by atoms with E-state index in [2.05, 4.69) is 36.9 Å². The van der Waals surface area contributed by atoms with Crippen LogP contribution in [0.3, 0.4) is 0 Å². The zero-order chi connectivity index (χ0) is 38.4. The Morgan fingerprint density at radius 1 is 0.846 bits per heavy atom. The van der Waals surface area contributed by atoms with E-state index in [0.29, 0.717) is 12.0 Å². The molecular formula is C32H49N9O11. The van der Waals surface area contributed by atoms with Crippen LogP contribution >= 0.6 is 0 Å². The van der Waals surface area contributed by atoms with Crippen molar-refractivity contribution in [3.63, 3.8) is 0 Å². The van der Waals surface area contributed by atoms with Gasteiger partial charge < -0.3 is 68.5 Å². The highest BCUT2D eigenvalue weighted by molar-refractivity contribution is 5.96. The molecule has 52 heavy (non-hydrogen) atoms. The third kappa shape index (κ3) is 12.9. The molecule has 2 heterocycles. The molecule has 1 aromatic rings. The number of hydrogen-bond donors (Lipinski definition) is 12. The fourth-order valence-electron chi connectivity index (χ4n) is 5.56. The van der Waals surface area contributed by atoms with Gasteiger partial charge >= 0.3 is 0 Å². The maximum absolute atomic E-state index is 13.6. The first-order valence-corrected chi connectivity index (χ1v) is 16.9. The average Bonchev–Trinajstić information content (AvgIpc) is 3.09. The number of nitrogens with zero attached hydrogens (tertiary/aromatic N) is 1. The van der Waals surface area contributed by atoms with Crippen molar-refractivity contribution in [3.8, 4) is 5.75 Å². The predicted octanol–water partition coefficient (Wildman–Crippen LogP) is -5.15. The van der Waals surface area contributed by atoms with Crippen molar-refractivity contribution in [1.82, 2.24) is 31.9 Å². The van der Waals surface area contributed by atoms with Crippen LogP contribution in [0.15, 0.2) is 29.3 Å². The van der Waals surface area contributed by atoms with E-state index in [1.165, 1.54) is 19.1 Å². The van der Waals surface area contributed by atoms with E-state index < -0.39 is 90.6 Å². The predicted molar refractivity (Wildman–Crippen MR) is 183 cm³/mol. The van der Waals surface area contributed by atoms with Crippen LogP contribution in [-0.4, -0.2) is 137 Å². The molecule has 20 heteroatoms. The van der Waals surface area contributed by atoms with E-state index in [-0.39, 0.29) is 63.4 Å². The molecule has 0 aromatic heterocycles. The lowest BCUT2D eigenvalue weighted by atomic mass is 9.94. The third-order valence-electron chi connectivity index (χ3n) is 8.40. The number of rotatable bonds is 14. The van der Waals surface area contributed by atoms with Gasteiger partial charge in [-0.3, -0.25) is 33.8 Å². The monoisotopic (exact) mass is 735 g/mol. The van der Waals surface area contributed by atoms with Crippen molar-refractivity contribution in [1.29, 1.82) is 0 Å². The molecule has 2 saturated heterocycles. The quantitative estimate of drug-likeness (QED) is 0.0484. The number of aromatic hydroxyl groups is 1. The standard InChI is InChI=1S/C32H49N9O11/c1-16(42)37-14-22-24(45)25(46)26(47)27(52-22)31(51)35-11-3-2-5-20-29(49)40-19(6-4-12-36-32(33)34)28(48)38-15-23(44)39-21(30(50)41-20)13-17-7-9-18(43)10-8-17/h7-10,19-22,24-27,43,45-47H,2-6,11-15H2,1H3,(H,35,51)(H,37,42)(H,38,48)(H,39,44)(H,40,49)(H,41,50)(H4,33,34,36)/t19-,20-,21+,22+,24+,25-,26+,27+/m0/s1. The second-order valence-corrected chi connectivity index (χ2v) is 12.6. The largest absolute Gasteiger partial charge is 0.508 e. The lowest BCUT2D eigenvalue weighted by molar-refractivity contribution is -0.219. The minimum atomic E-state index is -1.75. The molecule has 6 amide bonds. The second kappa shape index (κ2) is 20.1. The van der Waals surface area contributed by atoms with E-state index in [0.717, 1.165) is 0 Å². The maximum Gasteiger partial charge on any atom is 0.251 e. The van der Waals surface area contributed by atoms with Crippen LogP contribution in [0, 0.1) is 0 Å². The third-order valence-corrected chi connectivity index (χ3v) is 8.40. The number of aliphatic hydroxyl groups is 3. The Morgan fingerprint density at radius 2 is 1.48 bits per heavy atom. The molecule has 2 aliphatic rings. The number of hydrogen-bond acceptors (Lipinski definition) is 12. The molecule has 0 radical (unpaired) electrons. The number of guanidine groups is 1. The summed E-state index contributed by atoms with van der Waals surface area (Å²) in [5.41, 5.74) is 11.3. The minimum absolute atomic E-state index is 0.00409. The number of unbranched alkanes of at least 4 members (excludes halogenated alkanes) is 1. The van der Waals surface area contributed by atoms with Gasteiger partial charge in [0.15, 0.2) is 12.1 Å². The summed E-state index contributed by atoms with van der Waals surface area (Å²) in [6.45, 7) is 0.759. The molecular weight excluding hydrogens is 686 g/mol. The van der Waals surface area contributed by atoms with Gasteiger partial charge in [0.1, 0.15) is 48.3 Å². The SMILES string of the molecule is CC(=O)NC[C@H]1O[C@@H](C(=O)NCCCC[C@@H]2NC(=O)[C@@H](Cc3ccc(O)cc3)NC(=O)CNC(=O)[C@H](CCCN=C(N)N)NC2=O)[C@H](O)[C@@H](O)[C@@H]1O. The van der Waals surface area contributed by atoms with Gasteiger partial charge in [-0.25, -0.2) is 0 Å². The van der Waals surface area contributed by atoms with Crippen molar-refractivity contribution < 1.29 is 53.9 Å². The lowest BCUT2D eigenvalue weighted by Crippen LogP contribution is -2.63. The lowest BCUT2D eigenvalue weighted by Gasteiger charge is -2.39. The fraction of sp³-hybridized carbons (Fsp3) is 0.594. The molecule has 0 aliphatic carbocycles. The van der Waals surface area contributed by atoms with Gasteiger partial charge in [-0.05, 0) is 49.8 Å². The topological polar surface area (TPSA) is 329 Å². The van der Waals surface area contributed by atoms with Gasteiger partial charge in [0, 0.05) is 33.0 Å². The number of carbonyl (C=O) groups excluding carboxylic acids is 6. The van der Waals surface area contributed by atoms with Gasteiger partial charge in [0.2, 0.25) is 29.5 Å². The van der Waals surface area contributed by atoms with Crippen LogP contribution in [-0.2, 0) is 39.9 Å². The molecule has 14 N–H and O–H groups in total. The number of benzene rings is 1. The molecule has 2 fully saturated rings. The second-order valence-electron chi connectivity index (χ2n) is 12.6. The molecule has 3 rings (SSSR count). The van der Waals surface area contributed by atoms with Crippen LogP contribution in [0.5, 0.6) is 5.75 Å². The number of amides is 6. The summed E-state index contributed by atoms with van der Waals surface area (Å²) in [6, 6.07) is 2.56. The molecule has 1 aromatic carbocycles. The molecule has 288 valence electrons. The van der Waals surface area contributed by atoms with Crippen molar-refractivity contribution in [2.75, 3.05) is 26.2 Å². The van der Waals surface area contributed by atoms with Crippen molar-refractivity contribution in [3.05, 3.63) is 29.8 Å². The smallest absolute Gasteiger partial charge is 0.251 e. The van der Waals surface area contributed by atoms with Gasteiger partial charge in [0.25, 0.3) is 5.91 Å². The number of carbonyl (C=O) groups is 6. The molecule has 2 aliphatic heterocycles. The zero-order valence-corrected chi connectivity index (χ0v) is 28.7. The van der Waals surface area contributed by atoms with Crippen LogP contribution in [0.25, 0.3) is 0 Å². The first kappa shape index (κ1) is 41.4. The van der Waals surface area contributed by atoms with E-state index >= 15 is 0 Å². The number of nitrogens with two attached hydrogens (primary N) is 2. The number of phenolic OH excluding ortho intramolecular Hbond substituents is 1. The Balaban J connectivity index is 1.68. The van der Waals surface area contributed by atoms with E-state index in [1.54, 1.807) is 12.1 Å². The number of nitrogens with one attached hydrogen (secondary N) is 6. The molecule has 8 atom stereocenters. The summed E-state index contributed by atoms with van der Waals surface area (Å²) in [5.74, 6) is -4.00. The molecule has 0 spiro atoms. The van der Waals surface area contributed by atoms with Gasteiger partial charge in [-0.2, -0.15) is 0 Å². The number of aliphatic imine (C=N–C) groups is 1. The first-order chi connectivity index (χ1) is 24.7. The summed E-state index contributed by atoms with van der Waals surface area (Å²) >= 11 is 0. The normalized spacial score (nSPS) is 27.0. The van der Waals surface area contributed by atoms with Crippen molar-refractivity contribution in [2.45, 2.75) is 94.1 Å².